The Bertz CT molecular complexity index is 1820. The molecule has 61 heavy (non-hydrogen) atoms. The van der Waals surface area contributed by atoms with Crippen LogP contribution in [0.25, 0.3) is 22.5 Å². The normalized spacial score (nSPS) is 17.3. The molecule has 4 aromatic rings. The van der Waals surface area contributed by atoms with Crippen molar-refractivity contribution in [2.75, 3.05) is 136 Å². The van der Waals surface area contributed by atoms with Gasteiger partial charge in [0.05, 0.1) is 75.4 Å². The van der Waals surface area contributed by atoms with Crippen LogP contribution in [0.1, 0.15) is 18.6 Å². The summed E-state index contributed by atoms with van der Waals surface area (Å²) in [6.07, 6.45) is -6.94. The van der Waals surface area contributed by atoms with Crippen molar-refractivity contribution in [2.45, 2.75) is 19.8 Å². The van der Waals surface area contributed by atoms with Crippen LogP contribution in [0.5, 0.6) is 0 Å². The van der Waals surface area contributed by atoms with Crippen molar-refractivity contribution in [1.82, 2.24) is 29.9 Å². The number of hydrogen-bond donors (Lipinski definition) is 2. The second kappa shape index (κ2) is 21.4. The minimum absolute atomic E-state index is 0. The van der Waals surface area contributed by atoms with Crippen LogP contribution in [-0.2, 0) is 31.3 Å². The molecule has 4 aromatic heterocycles. The Morgan fingerprint density at radius 1 is 0.459 bits per heavy atom. The van der Waals surface area contributed by atoms with E-state index in [1.807, 2.05) is 19.6 Å². The number of nitrogen functional groups attached to an aromatic ring is 2. The number of anilines is 6. The third-order valence-electron chi connectivity index (χ3n) is 9.67. The molecular weight excluding hydrogens is 861 g/mol. The lowest BCUT2D eigenvalue weighted by molar-refractivity contribution is -0.137. The summed E-state index contributed by atoms with van der Waals surface area (Å²) >= 11 is 0. The molecule has 4 aliphatic rings. The fourth-order valence-electron chi connectivity index (χ4n) is 6.66. The molecule has 0 atom stereocenters. The van der Waals surface area contributed by atoms with Crippen LogP contribution in [-0.4, -0.2) is 135 Å². The lowest BCUT2D eigenvalue weighted by atomic mass is 10.1. The highest BCUT2D eigenvalue weighted by Gasteiger charge is 2.37. The molecule has 24 heteroatoms. The number of pyridine rings is 2. The van der Waals surface area contributed by atoms with E-state index in [1.165, 1.54) is 0 Å². The molecule has 0 bridgehead atoms. The Kier molecular flexibility index (Phi) is 17.1. The quantitative estimate of drug-likeness (QED) is 0.244. The Hall–Kier alpha value is -4.74. The van der Waals surface area contributed by atoms with E-state index in [1.54, 1.807) is 12.1 Å². The SMILES string of the molecule is C.Cl.Cl.Nc1cc(C(F)(F)F)c(-c2cc(N3CCOCC3)nc(N3CCOCC3)n2)cn1.Nc1cc(C(F)(F)F)c(-c2cc(N3CCOCC3)nc(N3CCOCC3)n2)cn1. The molecule has 0 radical (unpaired) electrons. The first-order valence-electron chi connectivity index (χ1n) is 18.6. The van der Waals surface area contributed by atoms with E-state index in [2.05, 4.69) is 29.9 Å². The first-order valence-corrected chi connectivity index (χ1v) is 18.6. The predicted octanol–water partition coefficient (Wildman–Crippen LogP) is 5.11. The number of nitrogens with zero attached hydrogens (tertiary/aromatic N) is 10. The zero-order valence-electron chi connectivity index (χ0n) is 32.1. The van der Waals surface area contributed by atoms with E-state index in [4.69, 9.17) is 30.4 Å². The maximum atomic E-state index is 13.6. The number of nitrogens with two attached hydrogens (primary N) is 2. The van der Waals surface area contributed by atoms with Crippen molar-refractivity contribution in [1.29, 1.82) is 0 Å². The Labute approximate surface area is 360 Å². The average Bonchev–Trinajstić information content (AvgIpc) is 3.24. The largest absolute Gasteiger partial charge is 0.417 e. The molecule has 0 unspecified atom stereocenters. The average molecular weight is 910 g/mol. The van der Waals surface area contributed by atoms with E-state index >= 15 is 0 Å². The molecule has 8 heterocycles. The van der Waals surface area contributed by atoms with Gasteiger partial charge in [-0.1, -0.05) is 7.43 Å². The monoisotopic (exact) mass is 908 g/mol. The van der Waals surface area contributed by atoms with Crippen LogP contribution in [0.4, 0.5) is 61.5 Å². The second-order valence-electron chi connectivity index (χ2n) is 13.5. The van der Waals surface area contributed by atoms with Gasteiger partial charge in [0.15, 0.2) is 0 Å². The summed E-state index contributed by atoms with van der Waals surface area (Å²) in [5.41, 5.74) is 9.33. The van der Waals surface area contributed by atoms with Gasteiger partial charge in [-0.3, -0.25) is 0 Å². The van der Waals surface area contributed by atoms with E-state index in [0.717, 1.165) is 24.5 Å². The van der Waals surface area contributed by atoms with Crippen LogP contribution in [0.3, 0.4) is 0 Å². The first-order chi connectivity index (χ1) is 27.8. The first kappa shape index (κ1) is 48.9. The number of ether oxygens (including phenoxy) is 4. The zero-order valence-corrected chi connectivity index (χ0v) is 33.8. The number of alkyl halides is 6. The third kappa shape index (κ3) is 12.2. The molecule has 0 saturated carbocycles. The van der Waals surface area contributed by atoms with Crippen molar-refractivity contribution in [3.8, 4) is 22.5 Å². The van der Waals surface area contributed by atoms with Gasteiger partial charge < -0.3 is 50.0 Å². The summed E-state index contributed by atoms with van der Waals surface area (Å²) in [6.45, 7) is 8.85. The molecule has 0 aliphatic carbocycles. The number of rotatable bonds is 6. The fraction of sp³-hybridized carbons (Fsp3) is 0.514. The molecule has 16 nitrogen and oxygen atoms in total. The molecule has 4 saturated heterocycles. The molecule has 0 amide bonds. The van der Waals surface area contributed by atoms with Crippen LogP contribution < -0.4 is 31.1 Å². The van der Waals surface area contributed by atoms with Crippen molar-refractivity contribution in [3.63, 3.8) is 0 Å². The van der Waals surface area contributed by atoms with E-state index in [0.29, 0.717) is 129 Å². The molecule has 0 aromatic carbocycles. The molecule has 336 valence electrons. The summed E-state index contributed by atoms with van der Waals surface area (Å²) in [5, 5.41) is 0. The highest BCUT2D eigenvalue weighted by Crippen LogP contribution is 2.40. The number of aromatic nitrogens is 6. The van der Waals surface area contributed by atoms with Crippen LogP contribution in [0, 0.1) is 0 Å². The molecule has 4 N–H and O–H groups in total. The van der Waals surface area contributed by atoms with Crippen molar-refractivity contribution in [2.24, 2.45) is 0 Å². The van der Waals surface area contributed by atoms with Gasteiger partial charge in [0.1, 0.15) is 23.3 Å². The topological polar surface area (TPSA) is 179 Å². The van der Waals surface area contributed by atoms with Gasteiger partial charge in [-0.15, -0.1) is 24.8 Å². The van der Waals surface area contributed by atoms with Crippen molar-refractivity contribution < 1.29 is 45.3 Å². The molecule has 4 aliphatic heterocycles. The number of hydrogen-bond acceptors (Lipinski definition) is 16. The lowest BCUT2D eigenvalue weighted by Gasteiger charge is -2.31. The standard InChI is InChI=1S/2C18H21F3N6O2.CH4.2ClH/c2*19-18(20,21)13-9-15(22)23-11-12(13)14-10-16(26-1-5-28-6-2-26)25-17(24-14)27-3-7-29-8-4-27;;;/h2*9-11H,1-8H2,(H2,22,23);1H4;2*1H. The highest BCUT2D eigenvalue weighted by molar-refractivity contribution is 5.85. The minimum Gasteiger partial charge on any atom is -0.384 e. The Balaban J connectivity index is 0.000000256. The van der Waals surface area contributed by atoms with Gasteiger partial charge in [0, 0.05) is 88.0 Å². The predicted molar refractivity (Wildman–Crippen MR) is 223 cm³/mol. The summed E-state index contributed by atoms with van der Waals surface area (Å²) in [6, 6.07) is 4.80. The Morgan fingerprint density at radius 3 is 1.05 bits per heavy atom. The lowest BCUT2D eigenvalue weighted by Crippen LogP contribution is -2.39. The maximum Gasteiger partial charge on any atom is 0.417 e. The summed E-state index contributed by atoms with van der Waals surface area (Å²) in [5.74, 6) is 1.47. The summed E-state index contributed by atoms with van der Waals surface area (Å²) in [7, 11) is 0. The molecule has 8 rings (SSSR count). The smallest absolute Gasteiger partial charge is 0.384 e. The minimum atomic E-state index is -4.59. The number of halogens is 8. The van der Waals surface area contributed by atoms with Crippen LogP contribution >= 0.6 is 24.8 Å². The summed E-state index contributed by atoms with van der Waals surface area (Å²) in [4.78, 5) is 33.6. The van der Waals surface area contributed by atoms with Crippen molar-refractivity contribution >= 4 is 60.0 Å². The van der Waals surface area contributed by atoms with E-state index in [-0.39, 0.29) is 66.4 Å². The maximum absolute atomic E-state index is 13.6. The highest BCUT2D eigenvalue weighted by atomic mass is 35.5. The Morgan fingerprint density at radius 2 is 0.754 bits per heavy atom. The van der Waals surface area contributed by atoms with Gasteiger partial charge in [0.2, 0.25) is 11.9 Å². The number of morpholine rings is 4. The van der Waals surface area contributed by atoms with Crippen LogP contribution in [0.15, 0.2) is 36.7 Å². The van der Waals surface area contributed by atoms with Crippen LogP contribution in [0.2, 0.25) is 0 Å². The van der Waals surface area contributed by atoms with Gasteiger partial charge >= 0.3 is 12.4 Å². The van der Waals surface area contributed by atoms with Gasteiger partial charge in [-0.25, -0.2) is 19.9 Å². The second-order valence-corrected chi connectivity index (χ2v) is 13.5. The zero-order chi connectivity index (χ0) is 40.9. The van der Waals surface area contributed by atoms with Gasteiger partial charge in [-0.05, 0) is 12.1 Å². The van der Waals surface area contributed by atoms with E-state index < -0.39 is 23.5 Å². The molecule has 4 fully saturated rings. The van der Waals surface area contributed by atoms with E-state index in [9.17, 15) is 26.3 Å². The van der Waals surface area contributed by atoms with Crippen molar-refractivity contribution in [3.05, 3.63) is 47.8 Å². The fourth-order valence-corrected chi connectivity index (χ4v) is 6.66. The third-order valence-corrected chi connectivity index (χ3v) is 9.67. The van der Waals surface area contributed by atoms with Gasteiger partial charge in [0.25, 0.3) is 0 Å². The van der Waals surface area contributed by atoms with Gasteiger partial charge in [-0.2, -0.15) is 36.3 Å². The summed E-state index contributed by atoms with van der Waals surface area (Å²) < 4.78 is 103. The molecular formula is C37H48Cl2F6N12O4. The molecule has 0 spiro atoms.